The lowest BCUT2D eigenvalue weighted by atomic mass is 10.0. The monoisotopic (exact) mass is 382 g/mol. The fourth-order valence-corrected chi connectivity index (χ4v) is 2.86. The molecule has 0 saturated heterocycles. The number of pyridine rings is 1. The molecular formula is C22H20ClFN2O. The summed E-state index contributed by atoms with van der Waals surface area (Å²) in [7, 11) is 0. The van der Waals surface area contributed by atoms with Gasteiger partial charge in [0, 0.05) is 23.4 Å². The maximum Gasteiger partial charge on any atom is 0.130 e. The van der Waals surface area contributed by atoms with E-state index in [0.29, 0.717) is 10.7 Å². The molecule has 3 aromatic rings. The van der Waals surface area contributed by atoms with Crippen molar-refractivity contribution in [3.63, 3.8) is 0 Å². The number of hydrogen-bond donors (Lipinski definition) is 2. The molecule has 0 aliphatic rings. The van der Waals surface area contributed by atoms with Crippen molar-refractivity contribution in [2.24, 2.45) is 0 Å². The molecule has 1 aromatic heterocycles. The average molecular weight is 383 g/mol. The van der Waals surface area contributed by atoms with Crippen LogP contribution in [0.5, 0.6) is 0 Å². The summed E-state index contributed by atoms with van der Waals surface area (Å²) in [5, 5.41) is 13.7. The number of hydrogen-bond acceptors (Lipinski definition) is 3. The maximum atomic E-state index is 13.6. The number of halogens is 2. The Morgan fingerprint density at radius 2 is 1.89 bits per heavy atom. The van der Waals surface area contributed by atoms with Gasteiger partial charge in [-0.25, -0.2) is 9.37 Å². The Hall–Kier alpha value is -2.53. The largest absolute Gasteiger partial charge is 0.375 e. The fourth-order valence-electron chi connectivity index (χ4n) is 2.75. The lowest BCUT2D eigenvalue weighted by molar-refractivity contribution is 0.171. The van der Waals surface area contributed by atoms with Gasteiger partial charge in [0.1, 0.15) is 17.2 Å². The third kappa shape index (κ3) is 5.23. The SMILES string of the molecule is C[C@H](NC(O)/C=C/c1ccccc1F)c1cccc(-c2ccc(Cl)nc2)c1. The number of nitrogens with one attached hydrogen (secondary N) is 1. The fraction of sp³-hybridized carbons (Fsp3) is 0.136. The first kappa shape index (κ1) is 19.2. The molecule has 0 bridgehead atoms. The van der Waals surface area contributed by atoms with E-state index in [1.807, 2.05) is 37.3 Å². The van der Waals surface area contributed by atoms with Gasteiger partial charge in [0.25, 0.3) is 0 Å². The molecule has 0 spiro atoms. The first-order valence-electron chi connectivity index (χ1n) is 8.61. The van der Waals surface area contributed by atoms with Crippen molar-refractivity contribution in [1.29, 1.82) is 0 Å². The molecule has 0 fully saturated rings. The van der Waals surface area contributed by atoms with Gasteiger partial charge in [-0.3, -0.25) is 5.32 Å². The van der Waals surface area contributed by atoms with Crippen molar-refractivity contribution in [1.82, 2.24) is 10.3 Å². The second kappa shape index (κ2) is 8.91. The predicted molar refractivity (Wildman–Crippen MR) is 108 cm³/mol. The van der Waals surface area contributed by atoms with Gasteiger partial charge in [-0.1, -0.05) is 54.1 Å². The van der Waals surface area contributed by atoms with Gasteiger partial charge >= 0.3 is 0 Å². The minimum Gasteiger partial charge on any atom is -0.375 e. The van der Waals surface area contributed by atoms with Crippen LogP contribution in [0.1, 0.15) is 24.1 Å². The summed E-state index contributed by atoms with van der Waals surface area (Å²) in [6, 6.07) is 18.0. The molecule has 0 aliphatic heterocycles. The Bertz CT molecular complexity index is 928. The maximum absolute atomic E-state index is 13.6. The summed E-state index contributed by atoms with van der Waals surface area (Å²) < 4.78 is 13.6. The first-order valence-corrected chi connectivity index (χ1v) is 8.99. The van der Waals surface area contributed by atoms with E-state index in [-0.39, 0.29) is 11.9 Å². The van der Waals surface area contributed by atoms with Crippen molar-refractivity contribution < 1.29 is 9.50 Å². The van der Waals surface area contributed by atoms with Crippen LogP contribution >= 0.6 is 11.6 Å². The number of nitrogens with zero attached hydrogens (tertiary/aromatic N) is 1. The van der Waals surface area contributed by atoms with Crippen molar-refractivity contribution in [2.45, 2.75) is 19.2 Å². The number of aromatic nitrogens is 1. The first-order chi connectivity index (χ1) is 13.0. The Balaban J connectivity index is 1.69. The predicted octanol–water partition coefficient (Wildman–Crippen LogP) is 5.22. The van der Waals surface area contributed by atoms with Gasteiger partial charge in [-0.2, -0.15) is 0 Å². The zero-order valence-electron chi connectivity index (χ0n) is 14.8. The van der Waals surface area contributed by atoms with Gasteiger partial charge in [0.05, 0.1) is 0 Å². The summed E-state index contributed by atoms with van der Waals surface area (Å²) >= 11 is 5.84. The van der Waals surface area contributed by atoms with E-state index in [1.165, 1.54) is 12.1 Å². The topological polar surface area (TPSA) is 45.1 Å². The zero-order valence-corrected chi connectivity index (χ0v) is 15.6. The molecule has 2 aromatic carbocycles. The number of aliphatic hydroxyl groups is 1. The number of benzene rings is 2. The van der Waals surface area contributed by atoms with Crippen molar-refractivity contribution in [2.75, 3.05) is 0 Å². The number of aliphatic hydroxyl groups excluding tert-OH is 1. The molecule has 1 heterocycles. The zero-order chi connectivity index (χ0) is 19.2. The molecule has 2 atom stereocenters. The van der Waals surface area contributed by atoms with Crippen LogP contribution in [0.4, 0.5) is 4.39 Å². The summed E-state index contributed by atoms with van der Waals surface area (Å²) in [6.45, 7) is 1.96. The standard InChI is InChI=1S/C22H20ClFN2O/c1-15(26-22(27)12-10-16-5-2-3-8-20(16)24)17-6-4-7-18(13-17)19-9-11-21(23)25-14-19/h2-15,22,26-27H,1H3/b12-10+/t15-,22?/m0/s1. The molecule has 5 heteroatoms. The highest BCUT2D eigenvalue weighted by molar-refractivity contribution is 6.29. The van der Waals surface area contributed by atoms with Crippen LogP contribution in [-0.2, 0) is 0 Å². The molecule has 0 aliphatic carbocycles. The van der Waals surface area contributed by atoms with E-state index >= 15 is 0 Å². The quantitative estimate of drug-likeness (QED) is 0.453. The Morgan fingerprint density at radius 3 is 2.63 bits per heavy atom. The number of rotatable bonds is 6. The summed E-state index contributed by atoms with van der Waals surface area (Å²) in [4.78, 5) is 4.11. The minimum absolute atomic E-state index is 0.106. The second-order valence-corrected chi connectivity index (χ2v) is 6.60. The molecule has 3 rings (SSSR count). The molecule has 27 heavy (non-hydrogen) atoms. The van der Waals surface area contributed by atoms with E-state index < -0.39 is 6.23 Å². The van der Waals surface area contributed by atoms with E-state index in [2.05, 4.69) is 10.3 Å². The second-order valence-electron chi connectivity index (χ2n) is 6.21. The lowest BCUT2D eigenvalue weighted by Crippen LogP contribution is -2.29. The van der Waals surface area contributed by atoms with Crippen LogP contribution in [0, 0.1) is 5.82 Å². The lowest BCUT2D eigenvalue weighted by Gasteiger charge is -2.18. The van der Waals surface area contributed by atoms with Gasteiger partial charge in [0.2, 0.25) is 0 Å². The van der Waals surface area contributed by atoms with Crippen LogP contribution in [0.15, 0.2) is 72.9 Å². The smallest absolute Gasteiger partial charge is 0.130 e. The van der Waals surface area contributed by atoms with E-state index in [1.54, 1.807) is 36.5 Å². The van der Waals surface area contributed by atoms with Gasteiger partial charge in [0.15, 0.2) is 0 Å². The Kier molecular flexibility index (Phi) is 6.35. The third-order valence-electron chi connectivity index (χ3n) is 4.23. The summed E-state index contributed by atoms with van der Waals surface area (Å²) in [6.07, 6.45) is 3.92. The van der Waals surface area contributed by atoms with E-state index in [0.717, 1.165) is 16.7 Å². The van der Waals surface area contributed by atoms with Crippen LogP contribution in [0.2, 0.25) is 5.15 Å². The van der Waals surface area contributed by atoms with E-state index in [4.69, 9.17) is 11.6 Å². The molecule has 2 N–H and O–H groups in total. The van der Waals surface area contributed by atoms with Crippen LogP contribution < -0.4 is 5.32 Å². The highest BCUT2D eigenvalue weighted by Crippen LogP contribution is 2.24. The normalized spacial score (nSPS) is 13.6. The molecule has 138 valence electrons. The summed E-state index contributed by atoms with van der Waals surface area (Å²) in [5.74, 6) is -0.321. The molecule has 0 amide bonds. The van der Waals surface area contributed by atoms with Crippen molar-refractivity contribution in [3.8, 4) is 11.1 Å². The molecule has 0 radical (unpaired) electrons. The molecule has 3 nitrogen and oxygen atoms in total. The van der Waals surface area contributed by atoms with Crippen molar-refractivity contribution in [3.05, 3.63) is 95.0 Å². The van der Waals surface area contributed by atoms with Crippen LogP contribution in [-0.4, -0.2) is 16.3 Å². The third-order valence-corrected chi connectivity index (χ3v) is 4.45. The van der Waals surface area contributed by atoms with Crippen LogP contribution in [0.3, 0.4) is 0 Å². The Morgan fingerprint density at radius 1 is 1.07 bits per heavy atom. The molecule has 0 saturated carbocycles. The van der Waals surface area contributed by atoms with Crippen molar-refractivity contribution >= 4 is 17.7 Å². The van der Waals surface area contributed by atoms with E-state index in [9.17, 15) is 9.50 Å². The molecular weight excluding hydrogens is 363 g/mol. The minimum atomic E-state index is -0.902. The average Bonchev–Trinajstić information content (AvgIpc) is 2.68. The summed E-state index contributed by atoms with van der Waals surface area (Å²) in [5.41, 5.74) is 3.43. The highest BCUT2D eigenvalue weighted by Gasteiger charge is 2.10. The highest BCUT2D eigenvalue weighted by atomic mass is 35.5. The van der Waals surface area contributed by atoms with Gasteiger partial charge in [-0.15, -0.1) is 0 Å². The van der Waals surface area contributed by atoms with Gasteiger partial charge < -0.3 is 5.11 Å². The Labute approximate surface area is 163 Å². The molecule has 1 unspecified atom stereocenters. The van der Waals surface area contributed by atoms with Crippen LogP contribution in [0.25, 0.3) is 17.2 Å². The van der Waals surface area contributed by atoms with Gasteiger partial charge in [-0.05, 0) is 48.4 Å².